The number of nitrogens with zero attached hydrogens (tertiary/aromatic N) is 4. The number of fused-ring (bicyclic) bond motifs is 3. The molecule has 2 atom stereocenters. The van der Waals surface area contributed by atoms with Crippen LogP contribution in [0.4, 0.5) is 4.79 Å². The smallest absolute Gasteiger partial charge is 0.315 e. The molecule has 0 aliphatic carbocycles. The molecule has 1 saturated heterocycles. The number of hydrogen-bond acceptors (Lipinski definition) is 5. The second-order valence-corrected chi connectivity index (χ2v) is 5.38. The number of imide groups is 1. The molecule has 0 spiro atoms. The highest BCUT2D eigenvalue weighted by atomic mass is 16.2. The number of carbonyl (C=O) groups is 2. The summed E-state index contributed by atoms with van der Waals surface area (Å²) < 4.78 is 0. The Morgan fingerprint density at radius 3 is 2.85 bits per heavy atom. The molecule has 0 aromatic carbocycles. The molecule has 7 nitrogen and oxygen atoms in total. The monoisotopic (exact) mass is 277 g/mol. The lowest BCUT2D eigenvalue weighted by Crippen LogP contribution is -2.62. The van der Waals surface area contributed by atoms with E-state index in [0.717, 1.165) is 31.0 Å². The molecular formula is C13H19N5O2. The maximum absolute atomic E-state index is 12.1. The Bertz CT molecular complexity index is 527. The molecule has 7 heteroatoms. The van der Waals surface area contributed by atoms with Crippen molar-refractivity contribution in [1.29, 1.82) is 0 Å². The summed E-state index contributed by atoms with van der Waals surface area (Å²) in [7, 11) is 1.67. The Morgan fingerprint density at radius 2 is 2.15 bits per heavy atom. The van der Waals surface area contributed by atoms with Crippen LogP contribution in [0, 0.1) is 0 Å². The molecule has 0 aromatic heterocycles. The molecular weight excluding hydrogens is 258 g/mol. The summed E-state index contributed by atoms with van der Waals surface area (Å²) >= 11 is 0. The number of likely N-dealkylation sites (N-methyl/N-ethyl adjacent to an activating group) is 1. The topological polar surface area (TPSA) is 68.2 Å². The Morgan fingerprint density at radius 1 is 1.40 bits per heavy atom. The number of hydrogen-bond donors (Lipinski definition) is 1. The van der Waals surface area contributed by atoms with Crippen molar-refractivity contribution >= 4 is 17.9 Å². The van der Waals surface area contributed by atoms with E-state index >= 15 is 0 Å². The van der Waals surface area contributed by atoms with Gasteiger partial charge in [-0.3, -0.25) is 10.1 Å². The van der Waals surface area contributed by atoms with Gasteiger partial charge in [-0.15, -0.1) is 0 Å². The summed E-state index contributed by atoms with van der Waals surface area (Å²) in [4.78, 5) is 33.8. The van der Waals surface area contributed by atoms with Crippen LogP contribution < -0.4 is 5.32 Å². The lowest BCUT2D eigenvalue weighted by atomic mass is 10.1. The van der Waals surface area contributed by atoms with Crippen LogP contribution in [0.2, 0.25) is 0 Å². The molecule has 0 saturated carbocycles. The maximum Gasteiger partial charge on any atom is 0.325 e. The third-order valence-electron chi connectivity index (χ3n) is 4.01. The van der Waals surface area contributed by atoms with Crippen molar-refractivity contribution in [3.63, 3.8) is 0 Å². The highest BCUT2D eigenvalue weighted by Crippen LogP contribution is 2.31. The van der Waals surface area contributed by atoms with Crippen molar-refractivity contribution in [2.24, 2.45) is 4.99 Å². The number of urea groups is 1. The Kier molecular flexibility index (Phi) is 2.92. The van der Waals surface area contributed by atoms with Crippen LogP contribution in [0.15, 0.2) is 16.9 Å². The lowest BCUT2D eigenvalue weighted by Gasteiger charge is -2.34. The number of allylic oxidation sites excluding steroid dienone is 1. The molecule has 0 aromatic rings. The molecule has 3 aliphatic heterocycles. The number of carbonyl (C=O) groups excluding carboxylic acids is 2. The predicted molar refractivity (Wildman–Crippen MR) is 73.5 cm³/mol. The first kappa shape index (κ1) is 13.0. The minimum Gasteiger partial charge on any atom is -0.315 e. The minimum atomic E-state index is -0.450. The van der Waals surface area contributed by atoms with Gasteiger partial charge in [-0.1, -0.05) is 13.3 Å². The summed E-state index contributed by atoms with van der Waals surface area (Å²) in [5.74, 6) is 0.501. The van der Waals surface area contributed by atoms with Gasteiger partial charge in [0.2, 0.25) is 5.96 Å². The van der Waals surface area contributed by atoms with E-state index < -0.39 is 12.2 Å². The third kappa shape index (κ3) is 1.69. The predicted octanol–water partition coefficient (Wildman–Crippen LogP) is 0.511. The molecule has 1 fully saturated rings. The van der Waals surface area contributed by atoms with Gasteiger partial charge in [0, 0.05) is 25.5 Å². The highest BCUT2D eigenvalue weighted by Gasteiger charge is 2.51. The minimum absolute atomic E-state index is 0.279. The van der Waals surface area contributed by atoms with Gasteiger partial charge in [0.15, 0.2) is 12.2 Å². The summed E-state index contributed by atoms with van der Waals surface area (Å²) in [5, 5.41) is 2.37. The molecule has 1 N–H and O–H groups in total. The fourth-order valence-electron chi connectivity index (χ4n) is 2.84. The van der Waals surface area contributed by atoms with E-state index in [1.165, 1.54) is 4.90 Å². The second kappa shape index (κ2) is 4.50. The SMILES string of the molecule is CCCCN1C(C)=CN2C1=NC1C2C(=O)NC(=O)N1C. The number of guanidine groups is 1. The first-order valence-corrected chi connectivity index (χ1v) is 6.94. The van der Waals surface area contributed by atoms with Crippen LogP contribution in [0.25, 0.3) is 0 Å². The van der Waals surface area contributed by atoms with E-state index in [2.05, 4.69) is 22.1 Å². The lowest BCUT2D eigenvalue weighted by molar-refractivity contribution is -0.126. The van der Waals surface area contributed by atoms with E-state index in [4.69, 9.17) is 0 Å². The molecule has 0 radical (unpaired) electrons. The first-order chi connectivity index (χ1) is 9.54. The normalized spacial score (nSPS) is 28.2. The zero-order valence-electron chi connectivity index (χ0n) is 12.0. The third-order valence-corrected chi connectivity index (χ3v) is 4.01. The quantitative estimate of drug-likeness (QED) is 0.816. The van der Waals surface area contributed by atoms with Gasteiger partial charge in [-0.25, -0.2) is 9.79 Å². The van der Waals surface area contributed by atoms with E-state index in [9.17, 15) is 9.59 Å². The van der Waals surface area contributed by atoms with Crippen molar-refractivity contribution in [2.45, 2.75) is 38.9 Å². The van der Waals surface area contributed by atoms with Gasteiger partial charge in [0.25, 0.3) is 5.91 Å². The summed E-state index contributed by atoms with van der Waals surface area (Å²) in [5.41, 5.74) is 1.09. The van der Waals surface area contributed by atoms with Crippen molar-refractivity contribution in [3.8, 4) is 0 Å². The molecule has 0 bridgehead atoms. The molecule has 3 heterocycles. The molecule has 3 aliphatic rings. The molecule has 2 unspecified atom stereocenters. The fraction of sp³-hybridized carbons (Fsp3) is 0.615. The highest BCUT2D eigenvalue weighted by molar-refractivity contribution is 6.04. The fourth-order valence-corrected chi connectivity index (χ4v) is 2.84. The average molecular weight is 277 g/mol. The number of unbranched alkanes of at least 4 members (excludes halogenated alkanes) is 1. The van der Waals surface area contributed by atoms with E-state index in [-0.39, 0.29) is 11.9 Å². The number of rotatable bonds is 3. The standard InChI is InChI=1S/C13H19N5O2/c1-4-5-6-17-8(2)7-18-9-10(14-12(17)18)16(3)13(20)15-11(9)19/h7,9-10H,4-6H2,1-3H3,(H,15,19,20). The molecule has 3 amide bonds. The van der Waals surface area contributed by atoms with Gasteiger partial charge in [0.1, 0.15) is 0 Å². The van der Waals surface area contributed by atoms with Gasteiger partial charge >= 0.3 is 6.03 Å². The largest absolute Gasteiger partial charge is 0.325 e. The van der Waals surface area contributed by atoms with Gasteiger partial charge in [-0.2, -0.15) is 0 Å². The summed E-state index contributed by atoms with van der Waals surface area (Å²) in [6.07, 6.45) is 3.68. The Balaban J connectivity index is 1.90. The molecule has 3 rings (SSSR count). The summed E-state index contributed by atoms with van der Waals surface area (Å²) in [6.45, 7) is 5.04. The van der Waals surface area contributed by atoms with Crippen molar-refractivity contribution in [1.82, 2.24) is 20.0 Å². The van der Waals surface area contributed by atoms with Crippen molar-refractivity contribution < 1.29 is 9.59 Å². The molecule has 108 valence electrons. The van der Waals surface area contributed by atoms with Gasteiger partial charge < -0.3 is 14.7 Å². The van der Waals surface area contributed by atoms with Crippen molar-refractivity contribution in [2.75, 3.05) is 13.6 Å². The second-order valence-electron chi connectivity index (χ2n) is 5.38. The van der Waals surface area contributed by atoms with Crippen LogP contribution in [0.1, 0.15) is 26.7 Å². The van der Waals surface area contributed by atoms with Crippen LogP contribution in [-0.4, -0.2) is 58.4 Å². The number of amides is 3. The number of aliphatic imine (C=N–C) groups is 1. The van der Waals surface area contributed by atoms with Gasteiger partial charge in [-0.05, 0) is 13.3 Å². The van der Waals surface area contributed by atoms with Gasteiger partial charge in [0.05, 0.1) is 0 Å². The number of nitrogens with one attached hydrogen (secondary N) is 1. The van der Waals surface area contributed by atoms with E-state index in [0.29, 0.717) is 0 Å². The van der Waals surface area contributed by atoms with E-state index in [1.54, 1.807) is 7.05 Å². The zero-order chi connectivity index (χ0) is 14.4. The van der Waals surface area contributed by atoms with Crippen LogP contribution in [0.5, 0.6) is 0 Å². The average Bonchev–Trinajstić information content (AvgIpc) is 2.89. The Hall–Kier alpha value is -2.05. The zero-order valence-corrected chi connectivity index (χ0v) is 12.0. The van der Waals surface area contributed by atoms with Crippen LogP contribution >= 0.6 is 0 Å². The van der Waals surface area contributed by atoms with Crippen LogP contribution in [0.3, 0.4) is 0 Å². The Labute approximate surface area is 117 Å². The summed E-state index contributed by atoms with van der Waals surface area (Å²) in [6, 6.07) is -0.836. The van der Waals surface area contributed by atoms with Crippen LogP contribution in [-0.2, 0) is 4.79 Å². The maximum atomic E-state index is 12.1. The van der Waals surface area contributed by atoms with E-state index in [1.807, 2.05) is 18.0 Å². The first-order valence-electron chi connectivity index (χ1n) is 6.94. The van der Waals surface area contributed by atoms with Crippen molar-refractivity contribution in [3.05, 3.63) is 11.9 Å². The molecule has 20 heavy (non-hydrogen) atoms.